The van der Waals surface area contributed by atoms with Crippen LogP contribution >= 0.6 is 15.9 Å². The summed E-state index contributed by atoms with van der Waals surface area (Å²) >= 11 is 3.46. The highest BCUT2D eigenvalue weighted by molar-refractivity contribution is 9.18. The molecule has 2 fully saturated rings. The van der Waals surface area contributed by atoms with Gasteiger partial charge in [-0.1, -0.05) is 0 Å². The van der Waals surface area contributed by atoms with E-state index in [1.54, 1.807) is 18.6 Å². The van der Waals surface area contributed by atoms with Gasteiger partial charge in [0.25, 0.3) is 0 Å². The van der Waals surface area contributed by atoms with Gasteiger partial charge in [0.05, 0.1) is 18.5 Å². The number of amidine groups is 1. The van der Waals surface area contributed by atoms with E-state index >= 15 is 0 Å². The number of hydrogen-bond acceptors (Lipinski definition) is 5. The Labute approximate surface area is 136 Å². The summed E-state index contributed by atoms with van der Waals surface area (Å²) in [7, 11) is 0. The number of nitrogens with zero attached hydrogens (tertiary/aromatic N) is 4. The van der Waals surface area contributed by atoms with Gasteiger partial charge in [0, 0.05) is 28.4 Å². The maximum absolute atomic E-state index is 12.0. The number of amides is 1. The largest absolute Gasteiger partial charge is 0.444 e. The number of quaternary nitrogens is 1. The molecule has 0 saturated carbocycles. The van der Waals surface area contributed by atoms with Gasteiger partial charge in [0.1, 0.15) is 18.0 Å². The molecule has 0 aromatic rings. The number of rotatable bonds is 1. The number of ether oxygens (including phenoxy) is 1. The average molecular weight is 367 g/mol. The van der Waals surface area contributed by atoms with Gasteiger partial charge in [-0.15, -0.1) is 4.59 Å². The Morgan fingerprint density at radius 1 is 1.50 bits per heavy atom. The number of nitrogens with two attached hydrogens (primary N) is 1. The van der Waals surface area contributed by atoms with E-state index in [9.17, 15) is 4.79 Å². The topological polar surface area (TPSA) is 80.3 Å². The third-order valence-electron chi connectivity index (χ3n) is 4.84. The van der Waals surface area contributed by atoms with Crippen molar-refractivity contribution >= 4 is 33.0 Å². The van der Waals surface area contributed by atoms with E-state index in [2.05, 4.69) is 25.9 Å². The Hall–Kier alpha value is -1.51. The second kappa shape index (κ2) is 4.74. The fraction of sp³-hybridized carbons (Fsp3) is 0.500. The number of aliphatic imine (C=N–C) groups is 2. The summed E-state index contributed by atoms with van der Waals surface area (Å²) in [4.78, 5) is 22.6. The molecule has 0 bridgehead atoms. The molecule has 0 spiro atoms. The highest BCUT2D eigenvalue weighted by Crippen LogP contribution is 2.40. The molecule has 2 unspecified atom stereocenters. The van der Waals surface area contributed by atoms with Crippen molar-refractivity contribution in [2.75, 3.05) is 6.54 Å². The van der Waals surface area contributed by atoms with Gasteiger partial charge >= 0.3 is 10.8 Å². The smallest absolute Gasteiger partial charge is 0.410 e. The highest BCUT2D eigenvalue weighted by Gasteiger charge is 2.48. The molecule has 4 aliphatic rings. The Bertz CT molecular complexity index is 670. The molecule has 4 rings (SSSR count). The molecule has 7 nitrogen and oxygen atoms in total. The Morgan fingerprint density at radius 2 is 2.32 bits per heavy atom. The molecule has 2 N–H and O–H groups in total. The summed E-state index contributed by atoms with van der Waals surface area (Å²) in [5.41, 5.74) is 1.77. The number of allylic oxidation sites excluding steroid dienone is 1. The zero-order valence-electron chi connectivity index (χ0n) is 12.1. The molecular weight excluding hydrogens is 350 g/mol. The van der Waals surface area contributed by atoms with Crippen LogP contribution < -0.4 is 5.84 Å². The first kappa shape index (κ1) is 14.1. The summed E-state index contributed by atoms with van der Waals surface area (Å²) in [6, 6.07) is 0.181. The fourth-order valence-electron chi connectivity index (χ4n) is 3.61. The minimum Gasteiger partial charge on any atom is -0.444 e. The molecule has 116 valence electrons. The van der Waals surface area contributed by atoms with Crippen LogP contribution in [0.5, 0.6) is 0 Å². The summed E-state index contributed by atoms with van der Waals surface area (Å²) in [6.07, 6.45) is 6.83. The van der Waals surface area contributed by atoms with Crippen LogP contribution in [-0.4, -0.2) is 45.2 Å². The van der Waals surface area contributed by atoms with Crippen LogP contribution in [-0.2, 0) is 4.74 Å². The van der Waals surface area contributed by atoms with E-state index in [-0.39, 0.29) is 28.7 Å². The first-order valence-corrected chi connectivity index (χ1v) is 8.15. The van der Waals surface area contributed by atoms with Crippen LogP contribution in [0.25, 0.3) is 0 Å². The van der Waals surface area contributed by atoms with Gasteiger partial charge in [-0.25, -0.2) is 4.79 Å². The standard InChI is InChI=1S/C14H17BrN5O2/c1-8-10-3-2-9(7-19(10)14(21)22-8)12-11-6-17-4-5-20(11,16)13(15)18-12/h4-6,8-10H,2-3,7,16H2,1H3/q+1/t8?,9-,10+,20?/m1/s1. The minimum atomic E-state index is -0.223. The zero-order chi connectivity index (χ0) is 15.5. The third-order valence-corrected chi connectivity index (χ3v) is 5.61. The molecular formula is C14H17BrN5O2+. The lowest BCUT2D eigenvalue weighted by molar-refractivity contribution is -0.746. The van der Waals surface area contributed by atoms with Crippen LogP contribution in [0.3, 0.4) is 0 Å². The number of cyclic esters (lactones) is 1. The van der Waals surface area contributed by atoms with Crippen molar-refractivity contribution in [2.45, 2.75) is 31.9 Å². The maximum Gasteiger partial charge on any atom is 0.410 e. The summed E-state index contributed by atoms with van der Waals surface area (Å²) in [6.45, 7) is 2.57. The number of piperidine rings is 1. The first-order chi connectivity index (χ1) is 10.5. The predicted molar refractivity (Wildman–Crippen MR) is 84.6 cm³/mol. The van der Waals surface area contributed by atoms with E-state index < -0.39 is 0 Å². The maximum atomic E-state index is 12.0. The van der Waals surface area contributed by atoms with Crippen LogP contribution in [0.1, 0.15) is 19.8 Å². The fourth-order valence-corrected chi connectivity index (χ4v) is 4.11. The number of hydrogen-bond donors (Lipinski definition) is 1. The van der Waals surface area contributed by atoms with Gasteiger partial charge in [0.2, 0.25) is 5.70 Å². The molecule has 22 heavy (non-hydrogen) atoms. The van der Waals surface area contributed by atoms with Crippen LogP contribution in [0.15, 0.2) is 33.8 Å². The molecule has 0 aromatic carbocycles. The second-order valence-corrected chi connectivity index (χ2v) is 6.80. The SMILES string of the molecule is CC1OC(=O)N2C[C@H](C3=C4C=NC=C[N+]4(N)C(Br)=N3)CC[C@@H]12. The van der Waals surface area contributed by atoms with Crippen molar-refractivity contribution in [2.24, 2.45) is 21.7 Å². The molecule has 4 aliphatic heterocycles. The van der Waals surface area contributed by atoms with Crippen LogP contribution in [0.4, 0.5) is 4.79 Å². The van der Waals surface area contributed by atoms with Crippen molar-refractivity contribution in [3.8, 4) is 0 Å². The van der Waals surface area contributed by atoms with Crippen molar-refractivity contribution in [1.29, 1.82) is 0 Å². The molecule has 4 heterocycles. The molecule has 1 amide bonds. The number of carbonyl (C=O) groups excluding carboxylic acids is 1. The average Bonchev–Trinajstić information content (AvgIpc) is 2.94. The quantitative estimate of drug-likeness (QED) is 0.436. The minimum absolute atomic E-state index is 0.0135. The lowest BCUT2D eigenvalue weighted by atomic mass is 9.88. The number of halogens is 1. The Balaban J connectivity index is 1.66. The second-order valence-electron chi connectivity index (χ2n) is 6.09. The normalized spacial score (nSPS) is 39.8. The van der Waals surface area contributed by atoms with Gasteiger partial charge in [0.15, 0.2) is 0 Å². The van der Waals surface area contributed by atoms with Crippen molar-refractivity contribution in [3.63, 3.8) is 0 Å². The van der Waals surface area contributed by atoms with Gasteiger partial charge in [-0.2, -0.15) is 10.8 Å². The summed E-state index contributed by atoms with van der Waals surface area (Å²) < 4.78 is 5.98. The van der Waals surface area contributed by atoms with Crippen LogP contribution in [0.2, 0.25) is 0 Å². The first-order valence-electron chi connectivity index (χ1n) is 7.35. The van der Waals surface area contributed by atoms with E-state index in [0.29, 0.717) is 11.3 Å². The van der Waals surface area contributed by atoms with E-state index in [4.69, 9.17) is 10.6 Å². The number of carbonyl (C=O) groups is 1. The van der Waals surface area contributed by atoms with Gasteiger partial charge in [-0.05, 0) is 19.8 Å². The van der Waals surface area contributed by atoms with Crippen LogP contribution in [0, 0.1) is 5.92 Å². The molecule has 0 aromatic heterocycles. The highest BCUT2D eigenvalue weighted by atomic mass is 79.9. The lowest BCUT2D eigenvalue weighted by Gasteiger charge is -2.33. The van der Waals surface area contributed by atoms with Crippen molar-refractivity contribution < 1.29 is 14.1 Å². The van der Waals surface area contributed by atoms with E-state index in [0.717, 1.165) is 24.2 Å². The lowest BCUT2D eigenvalue weighted by Crippen LogP contribution is -2.50. The summed E-state index contributed by atoms with van der Waals surface area (Å²) in [5, 5.41) is 0. The third kappa shape index (κ3) is 1.84. The molecule has 0 aliphatic carbocycles. The molecule has 4 atom stereocenters. The molecule has 8 heteroatoms. The molecule has 0 radical (unpaired) electrons. The van der Waals surface area contributed by atoms with Gasteiger partial charge in [-0.3, -0.25) is 4.99 Å². The number of fused-ring (bicyclic) bond motifs is 2. The van der Waals surface area contributed by atoms with Crippen molar-refractivity contribution in [1.82, 2.24) is 4.90 Å². The molecule has 2 saturated heterocycles. The Kier molecular flexibility index (Phi) is 3.04. The zero-order valence-corrected chi connectivity index (χ0v) is 13.7. The Morgan fingerprint density at radius 3 is 3.14 bits per heavy atom. The monoisotopic (exact) mass is 366 g/mol. The van der Waals surface area contributed by atoms with E-state index in [1.807, 2.05) is 11.8 Å². The predicted octanol–water partition coefficient (Wildman–Crippen LogP) is 1.83. The van der Waals surface area contributed by atoms with Crippen molar-refractivity contribution in [3.05, 3.63) is 23.8 Å². The van der Waals surface area contributed by atoms with Gasteiger partial charge < -0.3 is 9.64 Å². The van der Waals surface area contributed by atoms with E-state index in [1.165, 1.54) is 0 Å². The summed E-state index contributed by atoms with van der Waals surface area (Å²) in [5.74, 6) is 6.53.